The largest absolute Gasteiger partial charge is 0.493 e. The number of hydrogen-bond donors (Lipinski definition) is 1. The molecule has 0 aliphatic heterocycles. The first-order valence-electron chi connectivity index (χ1n) is 4.57. The molecule has 1 aromatic rings. The third-order valence-corrected chi connectivity index (χ3v) is 1.96. The maximum Gasteiger partial charge on any atom is 0.127 e. The highest BCUT2D eigenvalue weighted by Gasteiger charge is 2.07. The van der Waals surface area contributed by atoms with Crippen LogP contribution in [0.15, 0.2) is 6.07 Å². The molecule has 13 heavy (non-hydrogen) atoms. The van der Waals surface area contributed by atoms with Gasteiger partial charge in [-0.05, 0) is 20.3 Å². The van der Waals surface area contributed by atoms with Crippen molar-refractivity contribution in [2.75, 3.05) is 12.3 Å². The lowest BCUT2D eigenvalue weighted by atomic mass is 10.1. The van der Waals surface area contributed by atoms with E-state index in [4.69, 9.17) is 10.5 Å². The lowest BCUT2D eigenvalue weighted by molar-refractivity contribution is 0.336. The van der Waals surface area contributed by atoms with Gasteiger partial charge in [-0.1, -0.05) is 6.92 Å². The number of nitrogens with zero attached hydrogens (tertiary/aromatic N) is 1. The molecule has 3 nitrogen and oxygen atoms in total. The molecule has 0 saturated carbocycles. The molecule has 0 saturated heterocycles. The van der Waals surface area contributed by atoms with E-state index in [9.17, 15) is 0 Å². The summed E-state index contributed by atoms with van der Waals surface area (Å²) in [6, 6.07) is 1.79. The molecule has 0 unspecified atom stereocenters. The predicted molar refractivity (Wildman–Crippen MR) is 53.9 cm³/mol. The highest BCUT2D eigenvalue weighted by atomic mass is 16.5. The molecule has 1 rings (SSSR count). The van der Waals surface area contributed by atoms with Crippen LogP contribution >= 0.6 is 0 Å². The topological polar surface area (TPSA) is 48.1 Å². The van der Waals surface area contributed by atoms with E-state index in [-0.39, 0.29) is 0 Å². The lowest BCUT2D eigenvalue weighted by Gasteiger charge is -2.11. The van der Waals surface area contributed by atoms with Crippen LogP contribution in [0.3, 0.4) is 0 Å². The van der Waals surface area contributed by atoms with Crippen molar-refractivity contribution < 1.29 is 4.74 Å². The van der Waals surface area contributed by atoms with E-state index in [0.29, 0.717) is 12.4 Å². The van der Waals surface area contributed by atoms with E-state index >= 15 is 0 Å². The first-order chi connectivity index (χ1) is 6.19. The van der Waals surface area contributed by atoms with E-state index in [1.807, 2.05) is 13.8 Å². The molecule has 1 heterocycles. The molecule has 0 radical (unpaired) electrons. The minimum Gasteiger partial charge on any atom is -0.493 e. The molecule has 3 heteroatoms. The summed E-state index contributed by atoms with van der Waals surface area (Å²) in [5.41, 5.74) is 7.74. The van der Waals surface area contributed by atoms with Gasteiger partial charge in [0.1, 0.15) is 11.6 Å². The summed E-state index contributed by atoms with van der Waals surface area (Å²) in [4.78, 5) is 4.19. The molecule has 0 bridgehead atoms. The van der Waals surface area contributed by atoms with Crippen LogP contribution in [0.2, 0.25) is 0 Å². The SMILES string of the molecule is CCOc1cc(N)nc(C)c1CC. The van der Waals surface area contributed by atoms with Crippen molar-refractivity contribution in [1.29, 1.82) is 0 Å². The average molecular weight is 180 g/mol. The number of pyridine rings is 1. The van der Waals surface area contributed by atoms with Gasteiger partial charge < -0.3 is 10.5 Å². The van der Waals surface area contributed by atoms with E-state index in [0.717, 1.165) is 23.4 Å². The van der Waals surface area contributed by atoms with Crippen LogP contribution in [0, 0.1) is 6.92 Å². The molecule has 0 spiro atoms. The molecule has 2 N–H and O–H groups in total. The number of ether oxygens (including phenoxy) is 1. The van der Waals surface area contributed by atoms with Crippen molar-refractivity contribution in [1.82, 2.24) is 4.98 Å². The van der Waals surface area contributed by atoms with Gasteiger partial charge in [0.25, 0.3) is 0 Å². The van der Waals surface area contributed by atoms with Gasteiger partial charge in [0.2, 0.25) is 0 Å². The van der Waals surface area contributed by atoms with Gasteiger partial charge in [0.05, 0.1) is 6.61 Å². The normalized spacial score (nSPS) is 10.1. The number of anilines is 1. The van der Waals surface area contributed by atoms with E-state index < -0.39 is 0 Å². The summed E-state index contributed by atoms with van der Waals surface area (Å²) in [5.74, 6) is 1.40. The zero-order valence-corrected chi connectivity index (χ0v) is 8.42. The highest BCUT2D eigenvalue weighted by Crippen LogP contribution is 2.23. The monoisotopic (exact) mass is 180 g/mol. The highest BCUT2D eigenvalue weighted by molar-refractivity contribution is 5.45. The number of aryl methyl sites for hydroxylation is 1. The second-order valence-corrected chi connectivity index (χ2v) is 2.90. The minimum absolute atomic E-state index is 0.526. The van der Waals surface area contributed by atoms with Crippen LogP contribution in [0.1, 0.15) is 25.1 Å². The Morgan fingerprint density at radius 2 is 2.15 bits per heavy atom. The Kier molecular flexibility index (Phi) is 3.12. The second-order valence-electron chi connectivity index (χ2n) is 2.90. The number of aromatic nitrogens is 1. The predicted octanol–water partition coefficient (Wildman–Crippen LogP) is 1.93. The van der Waals surface area contributed by atoms with Crippen molar-refractivity contribution in [3.63, 3.8) is 0 Å². The smallest absolute Gasteiger partial charge is 0.127 e. The molecule has 0 atom stereocenters. The van der Waals surface area contributed by atoms with Gasteiger partial charge in [0, 0.05) is 17.3 Å². The minimum atomic E-state index is 0.526. The Hall–Kier alpha value is -1.25. The number of hydrogen-bond acceptors (Lipinski definition) is 3. The maximum absolute atomic E-state index is 5.62. The van der Waals surface area contributed by atoms with Gasteiger partial charge >= 0.3 is 0 Å². The Labute approximate surface area is 78.9 Å². The van der Waals surface area contributed by atoms with Crippen molar-refractivity contribution in [3.05, 3.63) is 17.3 Å². The first-order valence-corrected chi connectivity index (χ1v) is 4.57. The number of rotatable bonds is 3. The second kappa shape index (κ2) is 4.12. The van der Waals surface area contributed by atoms with Gasteiger partial charge in [-0.3, -0.25) is 0 Å². The van der Waals surface area contributed by atoms with Crippen molar-refractivity contribution >= 4 is 5.82 Å². The fourth-order valence-corrected chi connectivity index (χ4v) is 1.41. The average Bonchev–Trinajstić information content (AvgIpc) is 2.04. The third kappa shape index (κ3) is 2.11. The molecular weight excluding hydrogens is 164 g/mol. The van der Waals surface area contributed by atoms with E-state index in [2.05, 4.69) is 11.9 Å². The summed E-state index contributed by atoms with van der Waals surface area (Å²) < 4.78 is 5.47. The van der Waals surface area contributed by atoms with Gasteiger partial charge in [-0.25, -0.2) is 4.98 Å². The summed E-state index contributed by atoms with van der Waals surface area (Å²) in [6.45, 7) is 6.67. The lowest BCUT2D eigenvalue weighted by Crippen LogP contribution is -2.02. The zero-order chi connectivity index (χ0) is 9.84. The zero-order valence-electron chi connectivity index (χ0n) is 8.42. The Bertz CT molecular complexity index is 297. The number of nitrogens with two attached hydrogens (primary N) is 1. The van der Waals surface area contributed by atoms with Gasteiger partial charge in [-0.15, -0.1) is 0 Å². The van der Waals surface area contributed by atoms with E-state index in [1.54, 1.807) is 6.07 Å². The van der Waals surface area contributed by atoms with Gasteiger partial charge in [0.15, 0.2) is 0 Å². The standard InChI is InChI=1S/C10H16N2O/c1-4-8-7(3)12-10(11)6-9(8)13-5-2/h6H,4-5H2,1-3H3,(H2,11,12). The first kappa shape index (κ1) is 9.84. The molecule has 1 aromatic heterocycles. The third-order valence-electron chi connectivity index (χ3n) is 1.96. The number of nitrogen functional groups attached to an aromatic ring is 1. The molecule has 0 fully saturated rings. The Morgan fingerprint density at radius 1 is 1.46 bits per heavy atom. The van der Waals surface area contributed by atoms with Crippen LogP contribution in [-0.4, -0.2) is 11.6 Å². The van der Waals surface area contributed by atoms with E-state index in [1.165, 1.54) is 0 Å². The van der Waals surface area contributed by atoms with Gasteiger partial charge in [-0.2, -0.15) is 0 Å². The summed E-state index contributed by atoms with van der Waals surface area (Å²) in [5, 5.41) is 0. The molecule has 72 valence electrons. The van der Waals surface area contributed by atoms with Crippen molar-refractivity contribution in [3.8, 4) is 5.75 Å². The molecule has 0 amide bonds. The summed E-state index contributed by atoms with van der Waals surface area (Å²) >= 11 is 0. The van der Waals surface area contributed by atoms with Crippen molar-refractivity contribution in [2.45, 2.75) is 27.2 Å². The van der Waals surface area contributed by atoms with Crippen molar-refractivity contribution in [2.24, 2.45) is 0 Å². The molecule has 0 aliphatic carbocycles. The van der Waals surface area contributed by atoms with Crippen LogP contribution in [0.25, 0.3) is 0 Å². The quantitative estimate of drug-likeness (QED) is 0.773. The van der Waals surface area contributed by atoms with Crippen LogP contribution in [0.5, 0.6) is 5.75 Å². The Morgan fingerprint density at radius 3 is 2.69 bits per heavy atom. The fourth-order valence-electron chi connectivity index (χ4n) is 1.41. The summed E-state index contributed by atoms with van der Waals surface area (Å²) in [6.07, 6.45) is 0.925. The van der Waals surface area contributed by atoms with Crippen LogP contribution in [-0.2, 0) is 6.42 Å². The fraction of sp³-hybridized carbons (Fsp3) is 0.500. The molecular formula is C10H16N2O. The van der Waals surface area contributed by atoms with Crippen LogP contribution in [0.4, 0.5) is 5.82 Å². The Balaban J connectivity index is 3.13. The maximum atomic E-state index is 5.62. The summed E-state index contributed by atoms with van der Waals surface area (Å²) in [7, 11) is 0. The molecule has 0 aromatic carbocycles. The molecule has 0 aliphatic rings. The van der Waals surface area contributed by atoms with Crippen LogP contribution < -0.4 is 10.5 Å².